The van der Waals surface area contributed by atoms with Gasteiger partial charge in [0.25, 0.3) is 5.56 Å². The van der Waals surface area contributed by atoms with E-state index < -0.39 is 5.97 Å². The molecule has 90 valence electrons. The van der Waals surface area contributed by atoms with Crippen molar-refractivity contribution in [3.8, 4) is 0 Å². The van der Waals surface area contributed by atoms with Gasteiger partial charge in [0, 0.05) is 0 Å². The lowest BCUT2D eigenvalue weighted by Crippen LogP contribution is -2.07. The van der Waals surface area contributed by atoms with Crippen molar-refractivity contribution in [1.82, 2.24) is 15.0 Å². The summed E-state index contributed by atoms with van der Waals surface area (Å²) in [6.45, 7) is 2.01. The molecule has 0 fully saturated rings. The maximum Gasteiger partial charge on any atom is 0.354 e. The van der Waals surface area contributed by atoms with Crippen LogP contribution >= 0.6 is 11.8 Å². The number of nitrogens with one attached hydrogen (secondary N) is 2. The molecule has 2 N–H and O–H groups in total. The highest BCUT2D eigenvalue weighted by atomic mass is 32.2. The van der Waals surface area contributed by atoms with E-state index in [-0.39, 0.29) is 17.9 Å². The van der Waals surface area contributed by atoms with E-state index >= 15 is 0 Å². The van der Waals surface area contributed by atoms with Crippen molar-refractivity contribution < 1.29 is 9.53 Å². The Morgan fingerprint density at radius 3 is 2.94 bits per heavy atom. The Morgan fingerprint density at radius 1 is 1.53 bits per heavy atom. The SMILES string of the molecule is CCOC(=O)c1cc2c(=O)[nH]c(SC)nc2[nH]1. The van der Waals surface area contributed by atoms with Crippen LogP contribution in [0.5, 0.6) is 0 Å². The third-order valence-electron chi connectivity index (χ3n) is 2.16. The van der Waals surface area contributed by atoms with Crippen LogP contribution in [-0.4, -0.2) is 33.8 Å². The summed E-state index contributed by atoms with van der Waals surface area (Å²) >= 11 is 1.32. The number of esters is 1. The lowest BCUT2D eigenvalue weighted by molar-refractivity contribution is 0.0520. The number of nitrogens with zero attached hydrogens (tertiary/aromatic N) is 1. The molecule has 0 spiro atoms. The molecule has 6 nitrogen and oxygen atoms in total. The van der Waals surface area contributed by atoms with Gasteiger partial charge in [-0.25, -0.2) is 9.78 Å². The van der Waals surface area contributed by atoms with E-state index in [2.05, 4.69) is 15.0 Å². The third-order valence-corrected chi connectivity index (χ3v) is 2.74. The Morgan fingerprint density at radius 2 is 2.29 bits per heavy atom. The van der Waals surface area contributed by atoms with Gasteiger partial charge in [0.1, 0.15) is 11.3 Å². The minimum atomic E-state index is -0.490. The Labute approximate surface area is 101 Å². The normalized spacial score (nSPS) is 10.7. The summed E-state index contributed by atoms with van der Waals surface area (Å²) in [4.78, 5) is 32.7. The second kappa shape index (κ2) is 4.62. The van der Waals surface area contributed by atoms with Crippen molar-refractivity contribution in [2.45, 2.75) is 12.1 Å². The summed E-state index contributed by atoms with van der Waals surface area (Å²) in [5, 5.41) is 0.852. The second-order valence-electron chi connectivity index (χ2n) is 3.24. The van der Waals surface area contributed by atoms with Gasteiger partial charge >= 0.3 is 5.97 Å². The summed E-state index contributed by atoms with van der Waals surface area (Å²) < 4.78 is 4.84. The molecule has 0 amide bonds. The van der Waals surface area contributed by atoms with E-state index in [1.54, 1.807) is 13.2 Å². The molecule has 0 unspecified atom stereocenters. The largest absolute Gasteiger partial charge is 0.461 e. The highest BCUT2D eigenvalue weighted by Crippen LogP contribution is 2.13. The highest BCUT2D eigenvalue weighted by Gasteiger charge is 2.13. The van der Waals surface area contributed by atoms with Gasteiger partial charge in [-0.2, -0.15) is 0 Å². The van der Waals surface area contributed by atoms with Gasteiger partial charge in [0.2, 0.25) is 0 Å². The molecule has 2 aromatic heterocycles. The lowest BCUT2D eigenvalue weighted by Gasteiger charge is -1.96. The van der Waals surface area contributed by atoms with E-state index in [1.807, 2.05) is 0 Å². The molecule has 2 rings (SSSR count). The minimum absolute atomic E-state index is 0.234. The molecule has 0 radical (unpaired) electrons. The first-order valence-electron chi connectivity index (χ1n) is 5.00. The van der Waals surface area contributed by atoms with Crippen LogP contribution in [-0.2, 0) is 4.74 Å². The zero-order valence-corrected chi connectivity index (χ0v) is 10.2. The molecule has 17 heavy (non-hydrogen) atoms. The number of thioether (sulfide) groups is 1. The van der Waals surface area contributed by atoms with Gasteiger partial charge in [-0.05, 0) is 19.2 Å². The molecular weight excluding hydrogens is 242 g/mol. The standard InChI is InChI=1S/C10H11N3O3S/c1-3-16-9(15)6-4-5-7(11-6)12-10(17-2)13-8(5)14/h4H,3H2,1-2H3,(H2,11,12,13,14). The molecule has 0 bridgehead atoms. The molecule has 0 aliphatic rings. The van der Waals surface area contributed by atoms with Gasteiger partial charge in [0.05, 0.1) is 12.0 Å². The number of aromatic amines is 2. The van der Waals surface area contributed by atoms with Crippen LogP contribution in [0, 0.1) is 0 Å². The zero-order chi connectivity index (χ0) is 12.4. The summed E-state index contributed by atoms with van der Waals surface area (Å²) in [6.07, 6.45) is 1.80. The highest BCUT2D eigenvalue weighted by molar-refractivity contribution is 7.98. The maximum atomic E-state index is 11.7. The van der Waals surface area contributed by atoms with Gasteiger partial charge in [-0.3, -0.25) is 4.79 Å². The number of hydrogen-bond acceptors (Lipinski definition) is 5. The van der Waals surface area contributed by atoms with Gasteiger partial charge in [-0.1, -0.05) is 11.8 Å². The Balaban J connectivity index is 2.53. The average molecular weight is 253 g/mol. The molecule has 7 heteroatoms. The van der Waals surface area contributed by atoms with Crippen LogP contribution < -0.4 is 5.56 Å². The monoisotopic (exact) mass is 253 g/mol. The second-order valence-corrected chi connectivity index (χ2v) is 4.04. The quantitative estimate of drug-likeness (QED) is 0.486. The maximum absolute atomic E-state index is 11.7. The fraction of sp³-hybridized carbons (Fsp3) is 0.300. The van der Waals surface area contributed by atoms with Crippen molar-refractivity contribution in [2.75, 3.05) is 12.9 Å². The van der Waals surface area contributed by atoms with Crippen LogP contribution in [0.25, 0.3) is 11.0 Å². The first-order valence-corrected chi connectivity index (χ1v) is 6.22. The van der Waals surface area contributed by atoms with Crippen molar-refractivity contribution in [1.29, 1.82) is 0 Å². The van der Waals surface area contributed by atoms with Crippen LogP contribution in [0.3, 0.4) is 0 Å². The predicted molar refractivity (Wildman–Crippen MR) is 64.5 cm³/mol. The summed E-state index contributed by atoms with van der Waals surface area (Å²) in [6, 6.07) is 1.45. The average Bonchev–Trinajstić information content (AvgIpc) is 2.73. The molecule has 0 atom stereocenters. The number of H-pyrrole nitrogens is 2. The lowest BCUT2D eigenvalue weighted by atomic mass is 10.3. The van der Waals surface area contributed by atoms with E-state index in [0.29, 0.717) is 16.2 Å². The van der Waals surface area contributed by atoms with E-state index in [0.717, 1.165) is 0 Å². The smallest absolute Gasteiger partial charge is 0.354 e. The number of ether oxygens (including phenoxy) is 1. The van der Waals surface area contributed by atoms with E-state index in [9.17, 15) is 9.59 Å². The number of fused-ring (bicyclic) bond motifs is 1. The van der Waals surface area contributed by atoms with Gasteiger partial charge in [0.15, 0.2) is 5.16 Å². The number of aromatic nitrogens is 3. The molecule has 0 aliphatic heterocycles. The van der Waals surface area contributed by atoms with E-state index in [4.69, 9.17) is 4.74 Å². The zero-order valence-electron chi connectivity index (χ0n) is 9.36. The van der Waals surface area contributed by atoms with Crippen molar-refractivity contribution in [3.63, 3.8) is 0 Å². The fourth-order valence-electron chi connectivity index (χ4n) is 1.41. The molecule has 0 saturated carbocycles. The first-order chi connectivity index (χ1) is 8.15. The molecule has 2 aromatic rings. The molecule has 0 saturated heterocycles. The van der Waals surface area contributed by atoms with Gasteiger partial charge < -0.3 is 14.7 Å². The Bertz CT molecular complexity index is 617. The van der Waals surface area contributed by atoms with Crippen molar-refractivity contribution >= 4 is 28.8 Å². The number of hydrogen-bond donors (Lipinski definition) is 2. The Kier molecular flexibility index (Phi) is 3.19. The van der Waals surface area contributed by atoms with E-state index in [1.165, 1.54) is 17.8 Å². The first kappa shape index (κ1) is 11.7. The molecule has 0 aromatic carbocycles. The van der Waals surface area contributed by atoms with Crippen LogP contribution in [0.2, 0.25) is 0 Å². The van der Waals surface area contributed by atoms with Crippen molar-refractivity contribution in [3.05, 3.63) is 22.1 Å². The minimum Gasteiger partial charge on any atom is -0.461 e. The van der Waals surface area contributed by atoms with Gasteiger partial charge in [-0.15, -0.1) is 0 Å². The van der Waals surface area contributed by atoms with Crippen molar-refractivity contribution in [2.24, 2.45) is 0 Å². The summed E-state index contributed by atoms with van der Waals surface area (Å²) in [7, 11) is 0. The number of rotatable bonds is 3. The summed E-state index contributed by atoms with van der Waals surface area (Å²) in [5.41, 5.74) is 0.352. The molecule has 2 heterocycles. The Hall–Kier alpha value is -1.76. The van der Waals surface area contributed by atoms with Crippen LogP contribution in [0.4, 0.5) is 0 Å². The fourth-order valence-corrected chi connectivity index (χ4v) is 1.79. The predicted octanol–water partition coefficient (Wildman–Crippen LogP) is 1.15. The summed E-state index contributed by atoms with van der Waals surface area (Å²) in [5.74, 6) is -0.490. The molecular formula is C10H11N3O3S. The van der Waals surface area contributed by atoms with Crippen LogP contribution in [0.1, 0.15) is 17.4 Å². The van der Waals surface area contributed by atoms with Crippen LogP contribution in [0.15, 0.2) is 16.0 Å². The number of carbonyl (C=O) groups is 1. The topological polar surface area (TPSA) is 87.8 Å². The number of carbonyl (C=O) groups excluding carboxylic acids is 1. The third kappa shape index (κ3) is 2.19. The molecule has 0 aliphatic carbocycles.